The lowest BCUT2D eigenvalue weighted by atomic mass is 10.0. The zero-order valence-corrected chi connectivity index (χ0v) is 11.7. The van der Waals surface area contributed by atoms with Crippen LogP contribution < -0.4 is 0 Å². The average Bonchev–Trinajstić information content (AvgIpc) is 2.39. The van der Waals surface area contributed by atoms with Crippen LogP contribution in [0.25, 0.3) is 0 Å². The van der Waals surface area contributed by atoms with E-state index in [-0.39, 0.29) is 5.91 Å². The first kappa shape index (κ1) is 13.9. The van der Waals surface area contributed by atoms with Gasteiger partial charge in [0.25, 0.3) is 5.91 Å². The molecule has 1 aliphatic heterocycles. The maximum atomic E-state index is 12.2. The van der Waals surface area contributed by atoms with E-state index >= 15 is 0 Å². The smallest absolute Gasteiger partial charge is 0.255 e. The molecular formula is C13H20N4O2. The molecule has 6 nitrogen and oxygen atoms in total. The molecule has 1 fully saturated rings. The summed E-state index contributed by atoms with van der Waals surface area (Å²) in [5.74, 6) is 0.00140. The van der Waals surface area contributed by atoms with Gasteiger partial charge in [0.2, 0.25) is 0 Å². The highest BCUT2D eigenvalue weighted by Crippen LogP contribution is 2.20. The molecule has 19 heavy (non-hydrogen) atoms. The van der Waals surface area contributed by atoms with Gasteiger partial charge in [0, 0.05) is 51.7 Å². The monoisotopic (exact) mass is 264 g/mol. The highest BCUT2D eigenvalue weighted by Gasteiger charge is 2.40. The summed E-state index contributed by atoms with van der Waals surface area (Å²) in [5, 5.41) is 0. The van der Waals surface area contributed by atoms with Crippen LogP contribution in [0, 0.1) is 0 Å². The molecule has 0 unspecified atom stereocenters. The normalized spacial score (nSPS) is 24.2. The van der Waals surface area contributed by atoms with Gasteiger partial charge in [0.05, 0.1) is 6.61 Å². The lowest BCUT2D eigenvalue weighted by molar-refractivity contribution is -0.165. The van der Waals surface area contributed by atoms with Crippen LogP contribution >= 0.6 is 0 Å². The molecule has 1 saturated heterocycles. The summed E-state index contributed by atoms with van der Waals surface area (Å²) in [6, 6.07) is 0. The molecule has 104 valence electrons. The minimum atomic E-state index is -0.766. The van der Waals surface area contributed by atoms with Crippen molar-refractivity contribution in [3.05, 3.63) is 24.3 Å². The molecule has 2 heterocycles. The second kappa shape index (κ2) is 5.63. The van der Waals surface area contributed by atoms with Crippen LogP contribution in [0.3, 0.4) is 0 Å². The third-order valence-corrected chi connectivity index (χ3v) is 3.23. The number of ether oxygens (including phenoxy) is 1. The van der Waals surface area contributed by atoms with Gasteiger partial charge in [-0.05, 0) is 6.92 Å². The molecule has 0 saturated carbocycles. The van der Waals surface area contributed by atoms with Crippen LogP contribution in [0.15, 0.2) is 18.7 Å². The largest absolute Gasteiger partial charge is 0.363 e. The van der Waals surface area contributed by atoms with E-state index < -0.39 is 5.60 Å². The van der Waals surface area contributed by atoms with E-state index in [1.54, 1.807) is 31.4 Å². The van der Waals surface area contributed by atoms with Gasteiger partial charge in [-0.15, -0.1) is 0 Å². The van der Waals surface area contributed by atoms with Crippen molar-refractivity contribution in [2.75, 3.05) is 33.8 Å². The second-order valence-electron chi connectivity index (χ2n) is 5.24. The summed E-state index contributed by atoms with van der Waals surface area (Å²) in [6.07, 6.45) is 5.11. The van der Waals surface area contributed by atoms with E-state index in [1.165, 1.54) is 6.33 Å². The standard InChI is InChI=1S/C13H20N4O2/c1-13(12(18)16(2)3)9-17(4-5-19-13)8-11-6-14-10-15-7-11/h6-7,10H,4-5,8-9H2,1-3H3/t13-/m0/s1. The fourth-order valence-electron chi connectivity index (χ4n) is 2.36. The molecular weight excluding hydrogens is 244 g/mol. The molecule has 0 radical (unpaired) electrons. The maximum Gasteiger partial charge on any atom is 0.255 e. The van der Waals surface area contributed by atoms with Gasteiger partial charge < -0.3 is 9.64 Å². The van der Waals surface area contributed by atoms with Gasteiger partial charge in [-0.1, -0.05) is 0 Å². The van der Waals surface area contributed by atoms with Crippen molar-refractivity contribution >= 4 is 5.91 Å². The third kappa shape index (κ3) is 3.27. The first-order valence-electron chi connectivity index (χ1n) is 6.33. The third-order valence-electron chi connectivity index (χ3n) is 3.23. The number of nitrogens with zero attached hydrogens (tertiary/aromatic N) is 4. The zero-order valence-electron chi connectivity index (χ0n) is 11.7. The van der Waals surface area contributed by atoms with Crippen molar-refractivity contribution in [3.63, 3.8) is 0 Å². The molecule has 6 heteroatoms. The molecule has 1 aliphatic rings. The fraction of sp³-hybridized carbons (Fsp3) is 0.615. The van der Waals surface area contributed by atoms with E-state index in [1.807, 2.05) is 6.92 Å². The van der Waals surface area contributed by atoms with E-state index in [4.69, 9.17) is 4.74 Å². The van der Waals surface area contributed by atoms with Crippen LogP contribution in [0.2, 0.25) is 0 Å². The Labute approximate surface area is 113 Å². The average molecular weight is 264 g/mol. The van der Waals surface area contributed by atoms with Gasteiger partial charge in [0.15, 0.2) is 5.60 Å². The van der Waals surface area contributed by atoms with Gasteiger partial charge in [-0.2, -0.15) is 0 Å². The van der Waals surface area contributed by atoms with E-state index in [9.17, 15) is 4.79 Å². The number of carbonyl (C=O) groups excluding carboxylic acids is 1. The highest BCUT2D eigenvalue weighted by atomic mass is 16.5. The Kier molecular flexibility index (Phi) is 4.11. The number of amides is 1. The zero-order chi connectivity index (χ0) is 13.9. The van der Waals surface area contributed by atoms with E-state index in [2.05, 4.69) is 14.9 Å². The Morgan fingerprint density at radius 3 is 2.79 bits per heavy atom. The minimum absolute atomic E-state index is 0.00140. The van der Waals surface area contributed by atoms with Crippen molar-refractivity contribution in [1.82, 2.24) is 19.8 Å². The summed E-state index contributed by atoms with van der Waals surface area (Å²) in [7, 11) is 3.50. The summed E-state index contributed by atoms with van der Waals surface area (Å²) < 4.78 is 5.69. The Bertz CT molecular complexity index is 438. The summed E-state index contributed by atoms with van der Waals surface area (Å²) in [4.78, 5) is 24.0. The van der Waals surface area contributed by atoms with Crippen LogP contribution in [0.1, 0.15) is 12.5 Å². The van der Waals surface area contributed by atoms with Crippen LogP contribution in [0.5, 0.6) is 0 Å². The summed E-state index contributed by atoms with van der Waals surface area (Å²) in [6.45, 7) is 4.54. The first-order valence-corrected chi connectivity index (χ1v) is 6.33. The predicted octanol–water partition coefficient (Wildman–Crippen LogP) is 0.156. The molecule has 0 aromatic carbocycles. The quantitative estimate of drug-likeness (QED) is 0.778. The number of hydrogen-bond acceptors (Lipinski definition) is 5. The number of morpholine rings is 1. The highest BCUT2D eigenvalue weighted by molar-refractivity contribution is 5.84. The number of hydrogen-bond donors (Lipinski definition) is 0. The van der Waals surface area contributed by atoms with E-state index in [0.29, 0.717) is 13.2 Å². The van der Waals surface area contributed by atoms with Crippen molar-refractivity contribution < 1.29 is 9.53 Å². The molecule has 1 atom stereocenters. The lowest BCUT2D eigenvalue weighted by Crippen LogP contribution is -2.57. The molecule has 0 aliphatic carbocycles. The fourth-order valence-corrected chi connectivity index (χ4v) is 2.36. The number of rotatable bonds is 3. The number of aromatic nitrogens is 2. The number of carbonyl (C=O) groups is 1. The SMILES string of the molecule is CN(C)C(=O)[C@]1(C)CN(Cc2cncnc2)CCO1. The van der Waals surface area contributed by atoms with Crippen LogP contribution in [-0.4, -0.2) is 65.1 Å². The molecule has 1 aromatic rings. The van der Waals surface area contributed by atoms with Crippen molar-refractivity contribution in [3.8, 4) is 0 Å². The van der Waals surface area contributed by atoms with Crippen LogP contribution in [0.4, 0.5) is 0 Å². The van der Waals surface area contributed by atoms with Gasteiger partial charge in [-0.3, -0.25) is 9.69 Å². The molecule has 1 aromatic heterocycles. The van der Waals surface area contributed by atoms with Crippen LogP contribution in [-0.2, 0) is 16.1 Å². The lowest BCUT2D eigenvalue weighted by Gasteiger charge is -2.40. The van der Waals surface area contributed by atoms with Gasteiger partial charge in [0.1, 0.15) is 6.33 Å². The van der Waals surface area contributed by atoms with E-state index in [0.717, 1.165) is 18.7 Å². The number of likely N-dealkylation sites (N-methyl/N-ethyl adjacent to an activating group) is 1. The Morgan fingerprint density at radius 2 is 2.16 bits per heavy atom. The predicted molar refractivity (Wildman–Crippen MR) is 70.4 cm³/mol. The Hall–Kier alpha value is -1.53. The van der Waals surface area contributed by atoms with Crippen molar-refractivity contribution in [2.24, 2.45) is 0 Å². The Morgan fingerprint density at radius 1 is 1.47 bits per heavy atom. The molecule has 1 amide bonds. The Balaban J connectivity index is 2.03. The second-order valence-corrected chi connectivity index (χ2v) is 5.24. The molecule has 0 bridgehead atoms. The van der Waals surface area contributed by atoms with Crippen molar-refractivity contribution in [1.29, 1.82) is 0 Å². The summed E-state index contributed by atoms with van der Waals surface area (Å²) in [5.41, 5.74) is 0.279. The van der Waals surface area contributed by atoms with Gasteiger partial charge in [-0.25, -0.2) is 9.97 Å². The first-order chi connectivity index (χ1) is 9.01. The summed E-state index contributed by atoms with van der Waals surface area (Å²) >= 11 is 0. The van der Waals surface area contributed by atoms with Gasteiger partial charge >= 0.3 is 0 Å². The molecule has 2 rings (SSSR count). The maximum absolute atomic E-state index is 12.2. The minimum Gasteiger partial charge on any atom is -0.363 e. The molecule has 0 N–H and O–H groups in total. The molecule has 0 spiro atoms. The topological polar surface area (TPSA) is 58.6 Å². The van der Waals surface area contributed by atoms with Crippen molar-refractivity contribution in [2.45, 2.75) is 19.1 Å².